The molecule has 5 nitrogen and oxygen atoms in total. The van der Waals surface area contributed by atoms with Crippen LogP contribution in [0.1, 0.15) is 43.7 Å². The summed E-state index contributed by atoms with van der Waals surface area (Å²) in [4.78, 5) is 16.7. The minimum Gasteiger partial charge on any atom is -0.469 e. The molecule has 0 radical (unpaired) electrons. The van der Waals surface area contributed by atoms with E-state index in [0.29, 0.717) is 12.0 Å². The Morgan fingerprint density at radius 3 is 2.67 bits per heavy atom. The number of aromatic nitrogens is 1. The number of hydrogen-bond acceptors (Lipinski definition) is 5. The fourth-order valence-electron chi connectivity index (χ4n) is 3.15. The van der Waals surface area contributed by atoms with E-state index in [0.717, 1.165) is 42.5 Å². The van der Waals surface area contributed by atoms with Crippen molar-refractivity contribution in [2.75, 3.05) is 7.11 Å². The maximum absolute atomic E-state index is 12.2. The molecule has 5 heteroatoms. The number of nitriles is 1. The number of carbonyl (C=O) groups is 1. The van der Waals surface area contributed by atoms with Crippen LogP contribution in [0.5, 0.6) is 0 Å². The van der Waals surface area contributed by atoms with Crippen molar-refractivity contribution in [3.63, 3.8) is 0 Å². The zero-order valence-corrected chi connectivity index (χ0v) is 16.0. The zero-order chi connectivity index (χ0) is 19.6. The van der Waals surface area contributed by atoms with Crippen LogP contribution in [0.3, 0.4) is 0 Å². The predicted octanol–water partition coefficient (Wildman–Crippen LogP) is 3.86. The van der Waals surface area contributed by atoms with Crippen LogP contribution in [0.4, 0.5) is 0 Å². The second-order valence-corrected chi connectivity index (χ2v) is 6.70. The van der Waals surface area contributed by atoms with Gasteiger partial charge in [0.2, 0.25) is 0 Å². The van der Waals surface area contributed by atoms with Crippen molar-refractivity contribution >= 4 is 5.97 Å². The summed E-state index contributed by atoms with van der Waals surface area (Å²) in [5, 5.41) is 9.25. The van der Waals surface area contributed by atoms with Gasteiger partial charge in [-0.15, -0.1) is 0 Å². The van der Waals surface area contributed by atoms with Gasteiger partial charge in [0.1, 0.15) is 0 Å². The number of methoxy groups -OCH3 is 1. The van der Waals surface area contributed by atoms with E-state index in [1.807, 2.05) is 30.3 Å². The second-order valence-electron chi connectivity index (χ2n) is 6.70. The molecule has 2 rings (SSSR count). The number of nitrogens with zero attached hydrogens (tertiary/aromatic N) is 2. The average Bonchev–Trinajstić information content (AvgIpc) is 2.72. The molecule has 0 aliphatic rings. The third kappa shape index (κ3) is 5.63. The van der Waals surface area contributed by atoms with Crippen molar-refractivity contribution in [3.8, 4) is 17.3 Å². The molecule has 0 fully saturated rings. The van der Waals surface area contributed by atoms with Gasteiger partial charge in [0.25, 0.3) is 0 Å². The first-order valence-electron chi connectivity index (χ1n) is 9.38. The number of carbonyl (C=O) groups excluding carboxylic acids is 1. The lowest BCUT2D eigenvalue weighted by Gasteiger charge is -2.21. The lowest BCUT2D eigenvalue weighted by molar-refractivity contribution is -0.146. The van der Waals surface area contributed by atoms with Crippen molar-refractivity contribution in [2.45, 2.75) is 45.1 Å². The van der Waals surface area contributed by atoms with Crippen LogP contribution in [0, 0.1) is 17.2 Å². The van der Waals surface area contributed by atoms with E-state index in [-0.39, 0.29) is 17.9 Å². The van der Waals surface area contributed by atoms with Crippen molar-refractivity contribution < 1.29 is 9.53 Å². The minimum atomic E-state index is -0.383. The maximum Gasteiger partial charge on any atom is 0.310 e. The SMILES string of the molecule is CCCCCC(N)C(Cc1ccc(-c2ccccc2C#N)nc1)C(=O)OC. The number of ether oxygens (including phenoxy) is 1. The second kappa shape index (κ2) is 10.4. The van der Waals surface area contributed by atoms with Crippen LogP contribution >= 0.6 is 0 Å². The Balaban J connectivity index is 2.14. The van der Waals surface area contributed by atoms with Gasteiger partial charge in [-0.3, -0.25) is 9.78 Å². The fourth-order valence-corrected chi connectivity index (χ4v) is 3.15. The highest BCUT2D eigenvalue weighted by Gasteiger charge is 2.26. The molecule has 27 heavy (non-hydrogen) atoms. The molecule has 0 saturated carbocycles. The predicted molar refractivity (Wildman–Crippen MR) is 106 cm³/mol. The molecule has 1 aromatic heterocycles. The topological polar surface area (TPSA) is 89.0 Å². The highest BCUT2D eigenvalue weighted by atomic mass is 16.5. The van der Waals surface area contributed by atoms with Crippen LogP contribution in [0.25, 0.3) is 11.3 Å². The highest BCUT2D eigenvalue weighted by molar-refractivity contribution is 5.73. The number of benzene rings is 1. The Labute approximate surface area is 161 Å². The summed E-state index contributed by atoms with van der Waals surface area (Å²) in [6, 6.07) is 13.1. The molecule has 2 aromatic rings. The van der Waals surface area contributed by atoms with Crippen molar-refractivity contribution in [2.24, 2.45) is 11.7 Å². The summed E-state index contributed by atoms with van der Waals surface area (Å²) in [6.45, 7) is 2.14. The first kappa shape index (κ1) is 20.6. The first-order valence-corrected chi connectivity index (χ1v) is 9.38. The molecular formula is C22H27N3O2. The summed E-state index contributed by atoms with van der Waals surface area (Å²) in [5.74, 6) is -0.663. The zero-order valence-electron chi connectivity index (χ0n) is 16.0. The van der Waals surface area contributed by atoms with Gasteiger partial charge in [0.05, 0.1) is 30.4 Å². The number of hydrogen-bond donors (Lipinski definition) is 1. The summed E-state index contributed by atoms with van der Waals surface area (Å²) >= 11 is 0. The van der Waals surface area contributed by atoms with Crippen LogP contribution < -0.4 is 5.73 Å². The monoisotopic (exact) mass is 365 g/mol. The number of pyridine rings is 1. The van der Waals surface area contributed by atoms with Gasteiger partial charge in [-0.1, -0.05) is 50.5 Å². The van der Waals surface area contributed by atoms with Crippen molar-refractivity contribution in [3.05, 3.63) is 53.7 Å². The third-order valence-electron chi connectivity index (χ3n) is 4.77. The molecule has 1 aromatic carbocycles. The lowest BCUT2D eigenvalue weighted by atomic mass is 9.89. The quantitative estimate of drug-likeness (QED) is 0.538. The standard InChI is InChI=1S/C22H27N3O2/c1-3-4-5-10-20(24)19(22(26)27-2)13-16-11-12-21(25-15-16)18-9-7-6-8-17(18)14-23/h6-9,11-12,15,19-20H,3-5,10,13,24H2,1-2H3. The number of nitrogens with two attached hydrogens (primary N) is 1. The van der Waals surface area contributed by atoms with Gasteiger partial charge in [-0.25, -0.2) is 0 Å². The fraction of sp³-hybridized carbons (Fsp3) is 0.409. The molecule has 2 unspecified atom stereocenters. The lowest BCUT2D eigenvalue weighted by Crippen LogP contribution is -2.37. The van der Waals surface area contributed by atoms with Crippen molar-refractivity contribution in [1.82, 2.24) is 4.98 Å². The van der Waals surface area contributed by atoms with Crippen LogP contribution in [0.15, 0.2) is 42.6 Å². The molecule has 0 aliphatic carbocycles. The van der Waals surface area contributed by atoms with Gasteiger partial charge in [0.15, 0.2) is 0 Å². The first-order chi connectivity index (χ1) is 13.1. The molecular weight excluding hydrogens is 338 g/mol. The minimum absolute atomic E-state index is 0.233. The van der Waals surface area contributed by atoms with E-state index in [1.54, 1.807) is 12.3 Å². The molecule has 1 heterocycles. The molecule has 0 spiro atoms. The molecule has 0 amide bonds. The Kier molecular flexibility index (Phi) is 7.97. The number of esters is 1. The Hall–Kier alpha value is -2.71. The number of unbranched alkanes of at least 4 members (excludes halogenated alkanes) is 2. The van der Waals surface area contributed by atoms with Crippen LogP contribution in [0.2, 0.25) is 0 Å². The molecule has 0 aliphatic heterocycles. The molecule has 0 bridgehead atoms. The normalized spacial score (nSPS) is 12.8. The average molecular weight is 365 g/mol. The van der Waals surface area contributed by atoms with Gasteiger partial charge in [-0.05, 0) is 30.5 Å². The summed E-state index contributed by atoms with van der Waals surface area (Å²) in [5.41, 5.74) is 9.33. The molecule has 0 saturated heterocycles. The van der Waals surface area contributed by atoms with E-state index in [2.05, 4.69) is 18.0 Å². The molecule has 2 N–H and O–H groups in total. The van der Waals surface area contributed by atoms with Gasteiger partial charge < -0.3 is 10.5 Å². The number of rotatable bonds is 9. The van der Waals surface area contributed by atoms with Crippen LogP contribution in [-0.2, 0) is 16.0 Å². The van der Waals surface area contributed by atoms with E-state index >= 15 is 0 Å². The van der Waals surface area contributed by atoms with E-state index in [9.17, 15) is 10.1 Å². The van der Waals surface area contributed by atoms with Gasteiger partial charge in [0, 0.05) is 17.8 Å². The maximum atomic E-state index is 12.2. The summed E-state index contributed by atoms with van der Waals surface area (Å²) < 4.78 is 4.96. The van der Waals surface area contributed by atoms with E-state index in [1.165, 1.54) is 7.11 Å². The van der Waals surface area contributed by atoms with Gasteiger partial charge in [-0.2, -0.15) is 5.26 Å². The summed E-state index contributed by atoms with van der Waals surface area (Å²) in [7, 11) is 1.40. The Bertz CT molecular complexity index is 781. The Morgan fingerprint density at radius 2 is 2.04 bits per heavy atom. The van der Waals surface area contributed by atoms with Crippen molar-refractivity contribution in [1.29, 1.82) is 5.26 Å². The molecule has 2 atom stereocenters. The summed E-state index contributed by atoms with van der Waals surface area (Å²) in [6.07, 6.45) is 6.27. The van der Waals surface area contributed by atoms with E-state index < -0.39 is 0 Å². The van der Waals surface area contributed by atoms with Gasteiger partial charge >= 0.3 is 5.97 Å². The smallest absolute Gasteiger partial charge is 0.310 e. The third-order valence-corrected chi connectivity index (χ3v) is 4.77. The largest absolute Gasteiger partial charge is 0.469 e. The van der Waals surface area contributed by atoms with E-state index in [4.69, 9.17) is 10.5 Å². The van der Waals surface area contributed by atoms with Crippen LogP contribution in [-0.4, -0.2) is 24.1 Å². The molecule has 142 valence electrons. The Morgan fingerprint density at radius 1 is 1.26 bits per heavy atom. The highest BCUT2D eigenvalue weighted by Crippen LogP contribution is 2.23.